The Morgan fingerprint density at radius 3 is 2.64 bits per heavy atom. The van der Waals surface area contributed by atoms with Crippen LogP contribution in [0.5, 0.6) is 0 Å². The Hall–Kier alpha value is -0.860. The molecule has 0 N–H and O–H groups in total. The summed E-state index contributed by atoms with van der Waals surface area (Å²) in [5.41, 5.74) is 0. The van der Waals surface area contributed by atoms with Gasteiger partial charge in [0, 0.05) is 19.0 Å². The van der Waals surface area contributed by atoms with Gasteiger partial charge in [-0.15, -0.1) is 0 Å². The second kappa shape index (κ2) is 5.13. The van der Waals surface area contributed by atoms with E-state index < -0.39 is 0 Å². The van der Waals surface area contributed by atoms with Gasteiger partial charge in [0.05, 0.1) is 0 Å². The zero-order valence-electron chi connectivity index (χ0n) is 9.08. The molecule has 1 unspecified atom stereocenters. The lowest BCUT2D eigenvalue weighted by atomic mass is 10.1. The van der Waals surface area contributed by atoms with Crippen molar-refractivity contribution in [3.63, 3.8) is 0 Å². The number of Topliss-reactive ketones (excluding diaryl/α,β-unsaturated/α-hetero) is 1. The second-order valence-corrected chi connectivity index (χ2v) is 3.97. The summed E-state index contributed by atoms with van der Waals surface area (Å²) in [6.45, 7) is 4.53. The van der Waals surface area contributed by atoms with Gasteiger partial charge in [0.2, 0.25) is 5.78 Å². The van der Waals surface area contributed by atoms with Crippen LogP contribution < -0.4 is 0 Å². The van der Waals surface area contributed by atoms with Crippen molar-refractivity contribution in [3.05, 3.63) is 0 Å². The van der Waals surface area contributed by atoms with Gasteiger partial charge in [0.1, 0.15) is 0 Å². The maximum absolute atomic E-state index is 11.7. The Morgan fingerprint density at radius 2 is 2.00 bits per heavy atom. The van der Waals surface area contributed by atoms with E-state index in [-0.39, 0.29) is 17.7 Å². The number of carbonyl (C=O) groups is 2. The van der Waals surface area contributed by atoms with Crippen molar-refractivity contribution in [2.24, 2.45) is 0 Å². The Morgan fingerprint density at radius 1 is 1.29 bits per heavy atom. The van der Waals surface area contributed by atoms with Crippen LogP contribution in [-0.4, -0.2) is 29.2 Å². The Kier molecular flexibility index (Phi) is 4.11. The largest absolute Gasteiger partial charge is 0.333 e. The smallest absolute Gasteiger partial charge is 0.290 e. The van der Waals surface area contributed by atoms with Crippen molar-refractivity contribution in [2.45, 2.75) is 52.0 Å². The van der Waals surface area contributed by atoms with Crippen LogP contribution in [0, 0.1) is 0 Å². The SMILES string of the molecule is CCC(=O)C(=O)N1CCCCCC1C. The average molecular weight is 197 g/mol. The minimum atomic E-state index is -0.276. The van der Waals surface area contributed by atoms with Crippen LogP contribution >= 0.6 is 0 Å². The van der Waals surface area contributed by atoms with Gasteiger partial charge in [-0.1, -0.05) is 19.8 Å². The number of nitrogens with zero attached hydrogens (tertiary/aromatic N) is 1. The molecule has 0 saturated carbocycles. The van der Waals surface area contributed by atoms with Crippen LogP contribution in [0.1, 0.15) is 46.0 Å². The van der Waals surface area contributed by atoms with Gasteiger partial charge in [-0.05, 0) is 19.8 Å². The lowest BCUT2D eigenvalue weighted by molar-refractivity contribution is -0.145. The molecule has 0 spiro atoms. The van der Waals surface area contributed by atoms with Crippen LogP contribution in [0.3, 0.4) is 0 Å². The first-order valence-corrected chi connectivity index (χ1v) is 5.50. The van der Waals surface area contributed by atoms with Gasteiger partial charge in [0.15, 0.2) is 0 Å². The van der Waals surface area contributed by atoms with Gasteiger partial charge in [-0.3, -0.25) is 9.59 Å². The summed E-state index contributed by atoms with van der Waals surface area (Å²) in [7, 11) is 0. The van der Waals surface area contributed by atoms with Crippen molar-refractivity contribution in [3.8, 4) is 0 Å². The first kappa shape index (κ1) is 11.2. The molecule has 1 saturated heterocycles. The number of likely N-dealkylation sites (tertiary alicyclic amines) is 1. The molecule has 1 aliphatic rings. The molecule has 1 heterocycles. The fourth-order valence-electron chi connectivity index (χ4n) is 1.89. The number of hydrogen-bond acceptors (Lipinski definition) is 2. The summed E-state index contributed by atoms with van der Waals surface area (Å²) in [6, 6.07) is 0.237. The van der Waals surface area contributed by atoms with Crippen LogP contribution in [-0.2, 0) is 9.59 Å². The molecule has 1 amide bonds. The van der Waals surface area contributed by atoms with Gasteiger partial charge in [-0.25, -0.2) is 0 Å². The number of rotatable bonds is 2. The summed E-state index contributed by atoms with van der Waals surface area (Å²) in [5.74, 6) is -0.527. The molecule has 80 valence electrons. The molecule has 0 aliphatic carbocycles. The fourth-order valence-corrected chi connectivity index (χ4v) is 1.89. The van der Waals surface area contributed by atoms with Gasteiger partial charge in [0.25, 0.3) is 5.91 Å². The van der Waals surface area contributed by atoms with Crippen molar-refractivity contribution >= 4 is 11.7 Å². The maximum Gasteiger partial charge on any atom is 0.290 e. The summed E-state index contributed by atoms with van der Waals surface area (Å²) in [5, 5.41) is 0. The lowest BCUT2D eigenvalue weighted by Crippen LogP contribution is -2.42. The van der Waals surface area contributed by atoms with E-state index in [1.807, 2.05) is 6.92 Å². The standard InChI is InChI=1S/C11H19NO2/c1-3-10(13)11(14)12-8-6-4-5-7-9(12)2/h9H,3-8H2,1-2H3. The third kappa shape index (κ3) is 2.56. The molecule has 3 nitrogen and oxygen atoms in total. The highest BCUT2D eigenvalue weighted by molar-refractivity contribution is 6.36. The van der Waals surface area contributed by atoms with Crippen LogP contribution in [0.25, 0.3) is 0 Å². The molecule has 0 bridgehead atoms. The molecule has 1 atom stereocenters. The van der Waals surface area contributed by atoms with E-state index in [0.717, 1.165) is 19.4 Å². The van der Waals surface area contributed by atoms with Gasteiger partial charge < -0.3 is 4.90 Å². The van der Waals surface area contributed by atoms with Crippen LogP contribution in [0.2, 0.25) is 0 Å². The molecule has 1 aliphatic heterocycles. The van der Waals surface area contributed by atoms with E-state index >= 15 is 0 Å². The number of ketones is 1. The topological polar surface area (TPSA) is 37.4 Å². The molecule has 1 rings (SSSR count). The third-order valence-electron chi connectivity index (χ3n) is 2.87. The zero-order valence-corrected chi connectivity index (χ0v) is 9.08. The molecule has 14 heavy (non-hydrogen) atoms. The second-order valence-electron chi connectivity index (χ2n) is 3.97. The highest BCUT2D eigenvalue weighted by Crippen LogP contribution is 2.16. The maximum atomic E-state index is 11.7. The highest BCUT2D eigenvalue weighted by atomic mass is 16.2. The predicted molar refractivity (Wildman–Crippen MR) is 54.9 cm³/mol. The number of hydrogen-bond donors (Lipinski definition) is 0. The quantitative estimate of drug-likeness (QED) is 0.632. The van der Waals surface area contributed by atoms with Crippen LogP contribution in [0.4, 0.5) is 0 Å². The van der Waals surface area contributed by atoms with Crippen molar-refractivity contribution < 1.29 is 9.59 Å². The van der Waals surface area contributed by atoms with Crippen molar-refractivity contribution in [1.29, 1.82) is 0 Å². The van der Waals surface area contributed by atoms with Gasteiger partial charge in [-0.2, -0.15) is 0 Å². The monoisotopic (exact) mass is 197 g/mol. The summed E-state index contributed by atoms with van der Waals surface area (Å²) >= 11 is 0. The Balaban J connectivity index is 2.63. The zero-order chi connectivity index (χ0) is 10.6. The normalized spacial score (nSPS) is 23.0. The predicted octanol–water partition coefficient (Wildman–Crippen LogP) is 1.76. The van der Waals surface area contributed by atoms with E-state index in [2.05, 4.69) is 0 Å². The van der Waals surface area contributed by atoms with Gasteiger partial charge >= 0.3 is 0 Å². The van der Waals surface area contributed by atoms with E-state index in [9.17, 15) is 9.59 Å². The molecular formula is C11H19NO2. The van der Waals surface area contributed by atoms with E-state index in [1.165, 1.54) is 12.8 Å². The van der Waals surface area contributed by atoms with E-state index in [4.69, 9.17) is 0 Å². The van der Waals surface area contributed by atoms with Crippen molar-refractivity contribution in [1.82, 2.24) is 4.90 Å². The molecule has 0 aromatic rings. The first-order valence-electron chi connectivity index (χ1n) is 5.50. The summed E-state index contributed by atoms with van der Waals surface area (Å²) in [4.78, 5) is 24.7. The molecule has 3 heteroatoms. The fraction of sp³-hybridized carbons (Fsp3) is 0.818. The van der Waals surface area contributed by atoms with E-state index in [1.54, 1.807) is 11.8 Å². The number of amides is 1. The average Bonchev–Trinajstić information content (AvgIpc) is 2.40. The van der Waals surface area contributed by atoms with Crippen molar-refractivity contribution in [2.75, 3.05) is 6.54 Å². The minimum Gasteiger partial charge on any atom is -0.333 e. The minimum absolute atomic E-state index is 0.237. The number of carbonyl (C=O) groups excluding carboxylic acids is 2. The molecular weight excluding hydrogens is 178 g/mol. The summed E-state index contributed by atoms with van der Waals surface area (Å²) < 4.78 is 0. The molecule has 0 aromatic heterocycles. The third-order valence-corrected chi connectivity index (χ3v) is 2.87. The highest BCUT2D eigenvalue weighted by Gasteiger charge is 2.25. The Bertz CT molecular complexity index is 225. The first-order chi connectivity index (χ1) is 6.66. The molecule has 1 fully saturated rings. The Labute approximate surface area is 85.5 Å². The molecule has 0 aromatic carbocycles. The summed E-state index contributed by atoms with van der Waals surface area (Å²) in [6.07, 6.45) is 4.73. The molecule has 0 radical (unpaired) electrons. The lowest BCUT2D eigenvalue weighted by Gasteiger charge is -2.26. The van der Waals surface area contributed by atoms with Crippen LogP contribution in [0.15, 0.2) is 0 Å². The van der Waals surface area contributed by atoms with E-state index in [0.29, 0.717) is 6.42 Å².